The van der Waals surface area contributed by atoms with Crippen molar-refractivity contribution < 1.29 is 9.32 Å². The predicted octanol–water partition coefficient (Wildman–Crippen LogP) is 2.35. The molecule has 1 unspecified atom stereocenters. The molecular weight excluding hydrogens is 392 g/mol. The lowest BCUT2D eigenvalue weighted by Gasteiger charge is -2.20. The normalized spacial score (nSPS) is 17.1. The number of guanidine groups is 1. The van der Waals surface area contributed by atoms with Crippen molar-refractivity contribution in [3.63, 3.8) is 0 Å². The molecule has 1 atom stereocenters. The Morgan fingerprint density at radius 2 is 2.28 bits per heavy atom. The summed E-state index contributed by atoms with van der Waals surface area (Å²) in [5, 5.41) is 11.3. The van der Waals surface area contributed by atoms with Crippen molar-refractivity contribution in [1.82, 2.24) is 25.7 Å². The first-order chi connectivity index (χ1) is 14.0. The number of carbonyl (C=O) groups is 1. The van der Waals surface area contributed by atoms with Gasteiger partial charge in [0.1, 0.15) is 0 Å². The van der Waals surface area contributed by atoms with Crippen LogP contribution in [0.1, 0.15) is 26.2 Å². The van der Waals surface area contributed by atoms with E-state index in [4.69, 9.17) is 16.1 Å². The van der Waals surface area contributed by atoms with E-state index in [1.54, 1.807) is 19.2 Å². The SMILES string of the molecule is CN=C(NCCc1nc(-c2cccc(Cl)c2)no1)NC1CCN(C(=O)C(C)C)C1. The molecule has 1 aromatic carbocycles. The van der Waals surface area contributed by atoms with Gasteiger partial charge in [-0.05, 0) is 18.6 Å². The number of nitrogens with zero attached hydrogens (tertiary/aromatic N) is 4. The lowest BCUT2D eigenvalue weighted by Crippen LogP contribution is -2.45. The second kappa shape index (κ2) is 9.73. The molecule has 1 aliphatic heterocycles. The van der Waals surface area contributed by atoms with E-state index in [1.165, 1.54) is 0 Å². The van der Waals surface area contributed by atoms with Crippen LogP contribution in [0.5, 0.6) is 0 Å². The summed E-state index contributed by atoms with van der Waals surface area (Å²) in [6.45, 7) is 5.93. The van der Waals surface area contributed by atoms with Gasteiger partial charge < -0.3 is 20.1 Å². The van der Waals surface area contributed by atoms with Crippen molar-refractivity contribution in [3.05, 3.63) is 35.2 Å². The van der Waals surface area contributed by atoms with Crippen molar-refractivity contribution in [2.24, 2.45) is 10.9 Å². The van der Waals surface area contributed by atoms with Gasteiger partial charge in [0, 0.05) is 55.6 Å². The van der Waals surface area contributed by atoms with Gasteiger partial charge in [-0.2, -0.15) is 4.98 Å². The molecule has 1 saturated heterocycles. The number of benzene rings is 1. The van der Waals surface area contributed by atoms with Crippen LogP contribution in [0, 0.1) is 5.92 Å². The zero-order valence-corrected chi connectivity index (χ0v) is 17.7. The molecule has 0 radical (unpaired) electrons. The topological polar surface area (TPSA) is 95.7 Å². The first-order valence-corrected chi connectivity index (χ1v) is 10.2. The standard InChI is InChI=1S/C20H27ClN6O2/c1-13(2)19(28)27-10-8-16(12-27)24-20(22-3)23-9-7-17-25-18(26-29-17)14-5-4-6-15(21)11-14/h4-6,11,13,16H,7-10,12H2,1-3H3,(H2,22,23,24). The lowest BCUT2D eigenvalue weighted by molar-refractivity contribution is -0.133. The van der Waals surface area contributed by atoms with E-state index in [0.29, 0.717) is 42.2 Å². The Hall–Kier alpha value is -2.61. The first kappa shape index (κ1) is 21.1. The van der Waals surface area contributed by atoms with Crippen LogP contribution in [-0.4, -0.2) is 59.6 Å². The summed E-state index contributed by atoms with van der Waals surface area (Å²) in [6, 6.07) is 7.54. The zero-order valence-electron chi connectivity index (χ0n) is 17.0. The monoisotopic (exact) mass is 418 g/mol. The van der Waals surface area contributed by atoms with Gasteiger partial charge in [-0.25, -0.2) is 0 Å². The smallest absolute Gasteiger partial charge is 0.228 e. The van der Waals surface area contributed by atoms with Crippen molar-refractivity contribution in [3.8, 4) is 11.4 Å². The molecule has 0 bridgehead atoms. The maximum atomic E-state index is 12.1. The minimum Gasteiger partial charge on any atom is -0.356 e. The van der Waals surface area contributed by atoms with Gasteiger partial charge >= 0.3 is 0 Å². The average Bonchev–Trinajstić information content (AvgIpc) is 3.36. The average molecular weight is 419 g/mol. The Kier molecular flexibility index (Phi) is 7.09. The maximum Gasteiger partial charge on any atom is 0.228 e. The third kappa shape index (κ3) is 5.69. The number of aromatic nitrogens is 2. The molecule has 1 amide bonds. The molecule has 3 rings (SSSR count). The highest BCUT2D eigenvalue weighted by atomic mass is 35.5. The number of halogens is 1. The highest BCUT2D eigenvalue weighted by Crippen LogP contribution is 2.20. The Morgan fingerprint density at radius 3 is 3.00 bits per heavy atom. The molecule has 2 aromatic rings. The third-order valence-corrected chi connectivity index (χ3v) is 4.98. The van der Waals surface area contributed by atoms with E-state index < -0.39 is 0 Å². The van der Waals surface area contributed by atoms with Gasteiger partial charge in [0.15, 0.2) is 5.96 Å². The summed E-state index contributed by atoms with van der Waals surface area (Å²) in [7, 11) is 1.73. The highest BCUT2D eigenvalue weighted by molar-refractivity contribution is 6.30. The van der Waals surface area contributed by atoms with Crippen LogP contribution in [0.4, 0.5) is 0 Å². The van der Waals surface area contributed by atoms with Crippen LogP contribution >= 0.6 is 11.6 Å². The quantitative estimate of drug-likeness (QED) is 0.552. The Labute approximate surface area is 175 Å². The third-order valence-electron chi connectivity index (χ3n) is 4.74. The number of rotatable bonds is 6. The first-order valence-electron chi connectivity index (χ1n) is 9.80. The van der Waals surface area contributed by atoms with Crippen LogP contribution in [0.25, 0.3) is 11.4 Å². The molecule has 29 heavy (non-hydrogen) atoms. The zero-order chi connectivity index (χ0) is 20.8. The summed E-state index contributed by atoms with van der Waals surface area (Å²) >= 11 is 6.01. The van der Waals surface area contributed by atoms with Crippen LogP contribution in [0.2, 0.25) is 5.02 Å². The Bertz CT molecular complexity index is 866. The molecule has 0 spiro atoms. The van der Waals surface area contributed by atoms with Crippen molar-refractivity contribution in [2.45, 2.75) is 32.7 Å². The summed E-state index contributed by atoms with van der Waals surface area (Å²) in [4.78, 5) is 22.7. The van der Waals surface area contributed by atoms with Crippen molar-refractivity contribution >= 4 is 23.5 Å². The molecule has 0 saturated carbocycles. The second-order valence-corrected chi connectivity index (χ2v) is 7.78. The molecule has 8 nitrogen and oxygen atoms in total. The number of hydrogen-bond donors (Lipinski definition) is 2. The highest BCUT2D eigenvalue weighted by Gasteiger charge is 2.27. The lowest BCUT2D eigenvalue weighted by atomic mass is 10.2. The maximum absolute atomic E-state index is 12.1. The van der Waals surface area contributed by atoms with Crippen LogP contribution in [0.3, 0.4) is 0 Å². The summed E-state index contributed by atoms with van der Waals surface area (Å²) < 4.78 is 5.32. The summed E-state index contributed by atoms with van der Waals surface area (Å²) in [5.74, 6) is 1.98. The van der Waals surface area contributed by atoms with E-state index >= 15 is 0 Å². The fraction of sp³-hybridized carbons (Fsp3) is 0.500. The largest absolute Gasteiger partial charge is 0.356 e. The van der Waals surface area contributed by atoms with E-state index in [9.17, 15) is 4.79 Å². The molecule has 2 N–H and O–H groups in total. The Balaban J connectivity index is 1.46. The molecule has 1 aromatic heterocycles. The molecular formula is C20H27ClN6O2. The molecule has 1 fully saturated rings. The van der Waals surface area contributed by atoms with E-state index in [1.807, 2.05) is 30.9 Å². The molecule has 9 heteroatoms. The van der Waals surface area contributed by atoms with E-state index in [0.717, 1.165) is 18.5 Å². The van der Waals surface area contributed by atoms with Crippen LogP contribution in [0.15, 0.2) is 33.8 Å². The van der Waals surface area contributed by atoms with Crippen molar-refractivity contribution in [1.29, 1.82) is 0 Å². The van der Waals surface area contributed by atoms with Gasteiger partial charge in [-0.1, -0.05) is 42.7 Å². The summed E-state index contributed by atoms with van der Waals surface area (Å²) in [6.07, 6.45) is 1.47. The minimum atomic E-state index is 0.0254. The Morgan fingerprint density at radius 1 is 1.45 bits per heavy atom. The van der Waals surface area contributed by atoms with Gasteiger partial charge in [0.25, 0.3) is 0 Å². The number of aliphatic imine (C=N–C) groups is 1. The number of nitrogens with one attached hydrogen (secondary N) is 2. The van der Waals surface area contributed by atoms with Gasteiger partial charge in [-0.3, -0.25) is 9.79 Å². The fourth-order valence-corrected chi connectivity index (χ4v) is 3.41. The fourth-order valence-electron chi connectivity index (χ4n) is 3.22. The predicted molar refractivity (Wildman–Crippen MR) is 113 cm³/mol. The molecule has 2 heterocycles. The molecule has 156 valence electrons. The van der Waals surface area contributed by atoms with Gasteiger partial charge in [0.2, 0.25) is 17.6 Å². The number of amides is 1. The van der Waals surface area contributed by atoms with Gasteiger partial charge in [-0.15, -0.1) is 0 Å². The number of hydrogen-bond acceptors (Lipinski definition) is 5. The molecule has 1 aliphatic rings. The summed E-state index contributed by atoms with van der Waals surface area (Å²) in [5.41, 5.74) is 0.819. The van der Waals surface area contributed by atoms with Crippen LogP contribution < -0.4 is 10.6 Å². The molecule has 0 aliphatic carbocycles. The second-order valence-electron chi connectivity index (χ2n) is 7.34. The minimum absolute atomic E-state index is 0.0254. The number of likely N-dealkylation sites (tertiary alicyclic amines) is 1. The number of carbonyl (C=O) groups excluding carboxylic acids is 1. The van der Waals surface area contributed by atoms with Crippen molar-refractivity contribution in [2.75, 3.05) is 26.7 Å². The van der Waals surface area contributed by atoms with Gasteiger partial charge in [0.05, 0.1) is 0 Å². The van der Waals surface area contributed by atoms with Crippen LogP contribution in [-0.2, 0) is 11.2 Å². The van der Waals surface area contributed by atoms with E-state index in [-0.39, 0.29) is 17.9 Å². The van der Waals surface area contributed by atoms with E-state index in [2.05, 4.69) is 25.8 Å².